The minimum absolute atomic E-state index is 0.0928. The van der Waals surface area contributed by atoms with Crippen molar-refractivity contribution in [3.05, 3.63) is 24.2 Å². The lowest BCUT2D eigenvalue weighted by molar-refractivity contribution is 0.0361. The summed E-state index contributed by atoms with van der Waals surface area (Å²) < 4.78 is 10.4. The second-order valence-corrected chi connectivity index (χ2v) is 4.96. The summed E-state index contributed by atoms with van der Waals surface area (Å²) in [5.74, 6) is 0.430. The number of aliphatic hydroxyl groups is 1. The number of amides is 2. The van der Waals surface area contributed by atoms with Crippen molar-refractivity contribution in [2.75, 3.05) is 19.8 Å². The molecule has 6 heteroatoms. The van der Waals surface area contributed by atoms with Crippen LogP contribution in [0.25, 0.3) is 0 Å². The molecule has 2 heterocycles. The number of hydrogen-bond acceptors (Lipinski definition) is 4. The van der Waals surface area contributed by atoms with Crippen LogP contribution in [-0.2, 0) is 10.3 Å². The Hall–Kier alpha value is -1.53. The van der Waals surface area contributed by atoms with Crippen molar-refractivity contribution in [1.82, 2.24) is 10.6 Å². The van der Waals surface area contributed by atoms with E-state index in [1.54, 1.807) is 19.1 Å². The normalized spacial score (nSPS) is 19.7. The Morgan fingerprint density at radius 2 is 2.26 bits per heavy atom. The average Bonchev–Trinajstić information content (AvgIpc) is 2.92. The third kappa shape index (κ3) is 3.97. The van der Waals surface area contributed by atoms with Gasteiger partial charge in [-0.15, -0.1) is 0 Å². The van der Waals surface area contributed by atoms with E-state index in [-0.39, 0.29) is 18.6 Å². The molecule has 1 aliphatic heterocycles. The molecule has 0 radical (unpaired) electrons. The van der Waals surface area contributed by atoms with Gasteiger partial charge in [0.15, 0.2) is 0 Å². The van der Waals surface area contributed by atoms with Crippen LogP contribution in [0.4, 0.5) is 4.79 Å². The first-order chi connectivity index (χ1) is 9.08. The summed E-state index contributed by atoms with van der Waals surface area (Å²) in [6, 6.07) is 3.24. The zero-order chi connectivity index (χ0) is 13.7. The summed E-state index contributed by atoms with van der Waals surface area (Å²) in [7, 11) is 0. The number of urea groups is 1. The van der Waals surface area contributed by atoms with Gasteiger partial charge in [-0.2, -0.15) is 0 Å². The molecule has 1 aromatic rings. The molecule has 0 saturated carbocycles. The van der Waals surface area contributed by atoms with Gasteiger partial charge >= 0.3 is 6.03 Å². The molecule has 0 aromatic carbocycles. The molecule has 0 spiro atoms. The minimum Gasteiger partial charge on any atom is -0.466 e. The summed E-state index contributed by atoms with van der Waals surface area (Å²) in [5, 5.41) is 15.7. The Morgan fingerprint density at radius 1 is 1.53 bits per heavy atom. The van der Waals surface area contributed by atoms with Crippen molar-refractivity contribution in [1.29, 1.82) is 0 Å². The van der Waals surface area contributed by atoms with Gasteiger partial charge in [0.2, 0.25) is 0 Å². The minimum atomic E-state index is -1.21. The summed E-state index contributed by atoms with van der Waals surface area (Å²) in [4.78, 5) is 11.7. The number of hydrogen-bond donors (Lipinski definition) is 3. The lowest BCUT2D eigenvalue weighted by atomic mass is 10.0. The van der Waals surface area contributed by atoms with Gasteiger partial charge in [0, 0.05) is 19.3 Å². The van der Waals surface area contributed by atoms with Crippen LogP contribution in [-0.4, -0.2) is 36.9 Å². The molecule has 1 saturated heterocycles. The maximum atomic E-state index is 11.7. The lowest BCUT2D eigenvalue weighted by Crippen LogP contribution is -2.48. The molecule has 1 aliphatic rings. The van der Waals surface area contributed by atoms with Crippen LogP contribution in [0.5, 0.6) is 0 Å². The third-order valence-electron chi connectivity index (χ3n) is 3.20. The Kier molecular flexibility index (Phi) is 4.44. The van der Waals surface area contributed by atoms with Crippen LogP contribution in [0.2, 0.25) is 0 Å². The van der Waals surface area contributed by atoms with Crippen molar-refractivity contribution in [3.63, 3.8) is 0 Å². The van der Waals surface area contributed by atoms with Crippen molar-refractivity contribution in [2.45, 2.75) is 31.4 Å². The summed E-state index contributed by atoms with van der Waals surface area (Å²) in [6.07, 6.45) is 3.13. The topological polar surface area (TPSA) is 83.7 Å². The number of ether oxygens (including phenoxy) is 1. The molecular weight excluding hydrogens is 248 g/mol. The SMILES string of the molecule is CC(O)(CNC(=O)NC1CCOCC1)c1ccco1. The summed E-state index contributed by atoms with van der Waals surface area (Å²) in [5.41, 5.74) is -1.21. The zero-order valence-electron chi connectivity index (χ0n) is 11.0. The molecule has 1 atom stereocenters. The Morgan fingerprint density at radius 3 is 2.89 bits per heavy atom. The van der Waals surface area contributed by atoms with E-state index in [9.17, 15) is 9.90 Å². The van der Waals surface area contributed by atoms with Gasteiger partial charge in [-0.3, -0.25) is 0 Å². The van der Waals surface area contributed by atoms with E-state index in [0.717, 1.165) is 12.8 Å². The van der Waals surface area contributed by atoms with Crippen LogP contribution < -0.4 is 10.6 Å². The first kappa shape index (κ1) is 13.9. The predicted molar refractivity (Wildman–Crippen MR) is 68.7 cm³/mol. The molecule has 106 valence electrons. The summed E-state index contributed by atoms with van der Waals surface area (Å²) in [6.45, 7) is 3.04. The molecule has 1 unspecified atom stereocenters. The van der Waals surface area contributed by atoms with Gasteiger partial charge in [-0.25, -0.2) is 4.79 Å². The van der Waals surface area contributed by atoms with Gasteiger partial charge < -0.3 is 24.9 Å². The fourth-order valence-electron chi connectivity index (χ4n) is 2.00. The van der Waals surface area contributed by atoms with Gasteiger partial charge in [0.05, 0.1) is 12.8 Å². The van der Waals surface area contributed by atoms with Crippen LogP contribution in [0.3, 0.4) is 0 Å². The molecule has 3 N–H and O–H groups in total. The number of rotatable bonds is 4. The molecule has 0 aliphatic carbocycles. The molecule has 19 heavy (non-hydrogen) atoms. The van der Waals surface area contributed by atoms with Crippen LogP contribution in [0.1, 0.15) is 25.5 Å². The molecule has 2 rings (SSSR count). The highest BCUT2D eigenvalue weighted by Gasteiger charge is 2.27. The highest BCUT2D eigenvalue weighted by molar-refractivity contribution is 5.74. The largest absolute Gasteiger partial charge is 0.466 e. The predicted octanol–water partition coefficient (Wildman–Crippen LogP) is 0.965. The zero-order valence-corrected chi connectivity index (χ0v) is 11.0. The first-order valence-corrected chi connectivity index (χ1v) is 6.46. The highest BCUT2D eigenvalue weighted by atomic mass is 16.5. The Balaban J connectivity index is 1.76. The quantitative estimate of drug-likeness (QED) is 0.759. The number of furan rings is 1. The highest BCUT2D eigenvalue weighted by Crippen LogP contribution is 2.19. The van der Waals surface area contributed by atoms with E-state index in [2.05, 4.69) is 10.6 Å². The second kappa shape index (κ2) is 6.08. The fraction of sp³-hybridized carbons (Fsp3) is 0.615. The van der Waals surface area contributed by atoms with Gasteiger partial charge in [-0.1, -0.05) is 0 Å². The molecular formula is C13H20N2O4. The monoisotopic (exact) mass is 268 g/mol. The van der Waals surface area contributed by atoms with E-state index in [1.807, 2.05) is 0 Å². The van der Waals surface area contributed by atoms with Crippen LogP contribution in [0, 0.1) is 0 Å². The van der Waals surface area contributed by atoms with E-state index in [4.69, 9.17) is 9.15 Å². The van der Waals surface area contributed by atoms with Crippen LogP contribution >= 0.6 is 0 Å². The maximum absolute atomic E-state index is 11.7. The summed E-state index contributed by atoms with van der Waals surface area (Å²) >= 11 is 0. The number of carbonyl (C=O) groups is 1. The van der Waals surface area contributed by atoms with E-state index >= 15 is 0 Å². The third-order valence-corrected chi connectivity index (χ3v) is 3.20. The van der Waals surface area contributed by atoms with Crippen molar-refractivity contribution >= 4 is 6.03 Å². The average molecular weight is 268 g/mol. The van der Waals surface area contributed by atoms with E-state index in [1.165, 1.54) is 6.26 Å². The standard InChI is InChI=1S/C13H20N2O4/c1-13(17,11-3-2-6-19-11)9-14-12(16)15-10-4-7-18-8-5-10/h2-3,6,10,17H,4-5,7-9H2,1H3,(H2,14,15,16). The lowest BCUT2D eigenvalue weighted by Gasteiger charge is -2.25. The Labute approximate surface area is 112 Å². The van der Waals surface area contributed by atoms with E-state index in [0.29, 0.717) is 19.0 Å². The number of carbonyl (C=O) groups excluding carboxylic acids is 1. The number of nitrogens with one attached hydrogen (secondary N) is 2. The molecule has 6 nitrogen and oxygen atoms in total. The fourth-order valence-corrected chi connectivity index (χ4v) is 2.00. The molecule has 2 amide bonds. The van der Waals surface area contributed by atoms with Crippen molar-refractivity contribution < 1.29 is 19.1 Å². The smallest absolute Gasteiger partial charge is 0.315 e. The van der Waals surface area contributed by atoms with Gasteiger partial charge in [0.25, 0.3) is 0 Å². The Bertz CT molecular complexity index is 397. The van der Waals surface area contributed by atoms with Crippen molar-refractivity contribution in [2.24, 2.45) is 0 Å². The second-order valence-electron chi connectivity index (χ2n) is 4.96. The molecule has 0 bridgehead atoms. The van der Waals surface area contributed by atoms with Crippen LogP contribution in [0.15, 0.2) is 22.8 Å². The molecule has 1 fully saturated rings. The van der Waals surface area contributed by atoms with Gasteiger partial charge in [0.1, 0.15) is 11.4 Å². The first-order valence-electron chi connectivity index (χ1n) is 6.46. The maximum Gasteiger partial charge on any atom is 0.315 e. The van der Waals surface area contributed by atoms with E-state index < -0.39 is 5.60 Å². The van der Waals surface area contributed by atoms with Crippen molar-refractivity contribution in [3.8, 4) is 0 Å². The molecule has 1 aromatic heterocycles. The van der Waals surface area contributed by atoms with Gasteiger partial charge in [-0.05, 0) is 31.9 Å².